The number of hydrogen-bond donors (Lipinski definition) is 0. The molecule has 0 bridgehead atoms. The van der Waals surface area contributed by atoms with E-state index in [0.717, 1.165) is 9.75 Å². The van der Waals surface area contributed by atoms with E-state index in [1.165, 1.54) is 35.7 Å². The summed E-state index contributed by atoms with van der Waals surface area (Å²) in [5, 5.41) is 3.70. The molecule has 0 amide bonds. The predicted octanol–water partition coefficient (Wildman–Crippen LogP) is 5.39. The molecule has 2 heterocycles. The van der Waals surface area contributed by atoms with Gasteiger partial charge < -0.3 is 0 Å². The SMILES string of the molecule is Cl.[2H]C([2H])([2H])C([2H])([2H])N(C(C)C=C(c1cccs1)c1cccs1)C([2H])([2H])C([2H])([2H])[2H]. The van der Waals surface area contributed by atoms with Crippen LogP contribution in [0.4, 0.5) is 0 Å². The fourth-order valence-electron chi connectivity index (χ4n) is 1.70. The molecule has 4 heteroatoms. The molecule has 0 N–H and O–H groups in total. The summed E-state index contributed by atoms with van der Waals surface area (Å²) in [7, 11) is 0. The summed E-state index contributed by atoms with van der Waals surface area (Å²) in [4.78, 5) is 1.95. The van der Waals surface area contributed by atoms with Crippen molar-refractivity contribution in [1.29, 1.82) is 0 Å². The molecule has 0 aliphatic rings. The summed E-state index contributed by atoms with van der Waals surface area (Å²) >= 11 is 2.84. The maximum Gasteiger partial charge on any atom is 0.0428 e. The van der Waals surface area contributed by atoms with Crippen LogP contribution >= 0.6 is 35.1 Å². The third-order valence-corrected chi connectivity index (χ3v) is 4.44. The van der Waals surface area contributed by atoms with E-state index in [0.29, 0.717) is 10.5 Å². The van der Waals surface area contributed by atoms with Crippen molar-refractivity contribution in [3.05, 3.63) is 50.9 Å². The average Bonchev–Trinajstić information content (AvgIpc) is 3.24. The molecule has 0 aliphatic carbocycles. The largest absolute Gasteiger partial charge is 0.298 e. The van der Waals surface area contributed by atoms with Gasteiger partial charge in [0.25, 0.3) is 0 Å². The summed E-state index contributed by atoms with van der Waals surface area (Å²) in [5.41, 5.74) is 0.662. The molecule has 1 unspecified atom stereocenters. The maximum atomic E-state index is 8.11. The van der Waals surface area contributed by atoms with Crippen LogP contribution in [0.5, 0.6) is 0 Å². The smallest absolute Gasteiger partial charge is 0.0428 e. The summed E-state index contributed by atoms with van der Waals surface area (Å²) in [6, 6.07) is 6.15. The summed E-state index contributed by atoms with van der Waals surface area (Å²) < 4.78 is 77.8. The predicted molar refractivity (Wildman–Crippen MR) is 95.3 cm³/mol. The van der Waals surface area contributed by atoms with Crippen LogP contribution in [-0.4, -0.2) is 23.9 Å². The normalized spacial score (nSPS) is 22.1. The van der Waals surface area contributed by atoms with Gasteiger partial charge in [0.05, 0.1) is 0 Å². The first-order valence-electron chi connectivity index (χ1n) is 10.7. The zero-order valence-electron chi connectivity index (χ0n) is 20.8. The lowest BCUT2D eigenvalue weighted by Crippen LogP contribution is -2.31. The van der Waals surface area contributed by atoms with E-state index in [2.05, 4.69) is 0 Å². The first kappa shape index (κ1) is 7.59. The van der Waals surface area contributed by atoms with Crippen LogP contribution in [0.25, 0.3) is 5.57 Å². The minimum atomic E-state index is -3.26. The number of halogens is 1. The molecule has 0 radical (unpaired) electrons. The Morgan fingerprint density at radius 2 is 1.80 bits per heavy atom. The molecule has 0 saturated carbocycles. The van der Waals surface area contributed by atoms with E-state index in [9.17, 15) is 0 Å². The van der Waals surface area contributed by atoms with Gasteiger partial charge in [-0.15, -0.1) is 35.1 Å². The van der Waals surface area contributed by atoms with Gasteiger partial charge in [0, 0.05) is 35.1 Å². The second-order valence-electron chi connectivity index (χ2n) is 3.87. The summed E-state index contributed by atoms with van der Waals surface area (Å²) in [5.74, 6) is 0. The molecule has 1 nitrogen and oxygen atoms in total. The molecule has 1 atom stereocenters. The van der Waals surface area contributed by atoms with Crippen molar-refractivity contribution in [2.45, 2.75) is 26.7 Å². The van der Waals surface area contributed by atoms with Crippen molar-refractivity contribution in [3.63, 3.8) is 0 Å². The number of hydrogen-bond acceptors (Lipinski definition) is 3. The van der Waals surface area contributed by atoms with Crippen molar-refractivity contribution < 1.29 is 13.7 Å². The standard InChI is InChI=1S/C16H21NS2.ClH/c1-4-17(5-2)13(3)12-14(15-8-6-10-18-15)16-9-7-11-19-16;/h6-13H,4-5H2,1-3H3;1H/i1D3,2D3,4D2,5D2;. The second kappa shape index (κ2) is 8.63. The van der Waals surface area contributed by atoms with E-state index in [-0.39, 0.29) is 12.4 Å². The molecule has 0 aliphatic heterocycles. The molecule has 2 aromatic heterocycles. The number of thiophene rings is 2. The van der Waals surface area contributed by atoms with Crippen molar-refractivity contribution >= 4 is 40.7 Å². The molecule has 0 aromatic carbocycles. The van der Waals surface area contributed by atoms with E-state index in [4.69, 9.17) is 13.7 Å². The van der Waals surface area contributed by atoms with Crippen LogP contribution in [-0.2, 0) is 0 Å². The Morgan fingerprint density at radius 1 is 1.25 bits per heavy atom. The lowest BCUT2D eigenvalue weighted by molar-refractivity contribution is 0.268. The number of nitrogens with zero attached hydrogens (tertiary/aromatic N) is 1. The molecule has 2 rings (SSSR count). The van der Waals surface area contributed by atoms with Crippen molar-refractivity contribution in [1.82, 2.24) is 4.90 Å². The van der Waals surface area contributed by atoms with Gasteiger partial charge >= 0.3 is 0 Å². The zero-order valence-corrected chi connectivity index (χ0v) is 13.2. The average molecular weight is 338 g/mol. The quantitative estimate of drug-likeness (QED) is 0.682. The van der Waals surface area contributed by atoms with Crippen LogP contribution in [0.1, 0.15) is 44.1 Å². The van der Waals surface area contributed by atoms with E-state index < -0.39 is 32.7 Å². The monoisotopic (exact) mass is 337 g/mol. The van der Waals surface area contributed by atoms with Crippen LogP contribution in [0, 0.1) is 0 Å². The van der Waals surface area contributed by atoms with Crippen molar-refractivity contribution in [3.8, 4) is 0 Å². The minimum absolute atomic E-state index is 0. The van der Waals surface area contributed by atoms with Crippen LogP contribution in [0.2, 0.25) is 0 Å². The Balaban J connectivity index is 0.00000450. The number of likely N-dealkylation sites (N-methyl/N-ethyl adjacent to an activating group) is 1. The lowest BCUT2D eigenvalue weighted by Gasteiger charge is -2.24. The third kappa shape index (κ3) is 4.19. The zero-order chi connectivity index (χ0) is 22.3. The van der Waals surface area contributed by atoms with Crippen LogP contribution < -0.4 is 0 Å². The first-order chi connectivity index (χ1) is 13.1. The maximum absolute atomic E-state index is 8.11. The minimum Gasteiger partial charge on any atom is -0.298 e. The highest BCUT2D eigenvalue weighted by molar-refractivity contribution is 7.13. The van der Waals surface area contributed by atoms with Gasteiger partial charge in [-0.3, -0.25) is 4.90 Å². The molecule has 110 valence electrons. The molecular weight excluding hydrogens is 306 g/mol. The van der Waals surface area contributed by atoms with E-state index in [1.807, 2.05) is 35.0 Å². The van der Waals surface area contributed by atoms with Gasteiger partial charge in [-0.2, -0.15) is 0 Å². The van der Waals surface area contributed by atoms with Crippen molar-refractivity contribution in [2.75, 3.05) is 13.0 Å². The number of rotatable bonds is 6. The fourth-order valence-corrected chi connectivity index (χ4v) is 3.29. The van der Waals surface area contributed by atoms with E-state index in [1.54, 1.807) is 0 Å². The van der Waals surface area contributed by atoms with Crippen LogP contribution in [0.15, 0.2) is 41.1 Å². The Hall–Kier alpha value is -0.610. The highest BCUT2D eigenvalue weighted by atomic mass is 35.5. The molecule has 0 fully saturated rings. The Bertz CT molecular complexity index is 763. The Kier molecular flexibility index (Phi) is 3.27. The van der Waals surface area contributed by atoms with Crippen LogP contribution in [0.3, 0.4) is 0 Å². The summed E-state index contributed by atoms with van der Waals surface area (Å²) in [6.45, 7) is -11.6. The van der Waals surface area contributed by atoms with Crippen molar-refractivity contribution in [2.24, 2.45) is 0 Å². The molecule has 20 heavy (non-hydrogen) atoms. The highest BCUT2D eigenvalue weighted by Gasteiger charge is 2.12. The van der Waals surface area contributed by atoms with Gasteiger partial charge in [0.2, 0.25) is 0 Å². The molecule has 2 aromatic rings. The van der Waals surface area contributed by atoms with E-state index >= 15 is 0 Å². The van der Waals surface area contributed by atoms with Gasteiger partial charge in [0.15, 0.2) is 0 Å². The topological polar surface area (TPSA) is 3.24 Å². The fraction of sp³-hybridized carbons (Fsp3) is 0.375. The summed E-state index contributed by atoms with van der Waals surface area (Å²) in [6.07, 6.45) is 1.52. The van der Waals surface area contributed by atoms with Gasteiger partial charge in [-0.1, -0.05) is 31.9 Å². The second-order valence-corrected chi connectivity index (χ2v) is 5.76. The molecular formula is C16H22ClNS2. The first-order valence-corrected chi connectivity index (χ1v) is 7.45. The Morgan fingerprint density at radius 3 is 2.20 bits per heavy atom. The molecule has 0 saturated heterocycles. The third-order valence-electron chi connectivity index (χ3n) is 2.63. The lowest BCUT2D eigenvalue weighted by atomic mass is 10.1. The highest BCUT2D eigenvalue weighted by Crippen LogP contribution is 2.31. The Labute approximate surface area is 150 Å². The van der Waals surface area contributed by atoms with Gasteiger partial charge in [0.1, 0.15) is 0 Å². The van der Waals surface area contributed by atoms with Gasteiger partial charge in [-0.05, 0) is 42.8 Å². The molecule has 0 spiro atoms. The van der Waals surface area contributed by atoms with Gasteiger partial charge in [-0.25, -0.2) is 0 Å².